The molecule has 1 aromatic heterocycles. The van der Waals surface area contributed by atoms with Crippen molar-refractivity contribution in [3.05, 3.63) is 22.1 Å². The Morgan fingerprint density at radius 2 is 2.04 bits per heavy atom. The van der Waals surface area contributed by atoms with Crippen LogP contribution >= 0.6 is 0 Å². The summed E-state index contributed by atoms with van der Waals surface area (Å²) >= 11 is 0. The average Bonchev–Trinajstić information content (AvgIpc) is 2.57. The fraction of sp³-hybridized carbons (Fsp3) is 0.571. The molecule has 3 rings (SSSR count). The van der Waals surface area contributed by atoms with E-state index in [1.165, 1.54) is 4.68 Å². The molecule has 0 aromatic carbocycles. The van der Waals surface area contributed by atoms with Crippen LogP contribution in [-0.2, 0) is 16.1 Å². The van der Waals surface area contributed by atoms with Crippen molar-refractivity contribution < 1.29 is 23.8 Å². The van der Waals surface area contributed by atoms with E-state index in [9.17, 15) is 14.4 Å². The first-order valence-corrected chi connectivity index (χ1v) is 7.71. The van der Waals surface area contributed by atoms with Crippen LogP contribution in [0.2, 0.25) is 0 Å². The predicted octanol–water partition coefficient (Wildman–Crippen LogP) is 0.177. The smallest absolute Gasteiger partial charge is 0.451 e. The Morgan fingerprint density at radius 3 is 2.83 bits per heavy atom. The van der Waals surface area contributed by atoms with Gasteiger partial charge in [0, 0.05) is 13.1 Å². The number of hydrazine groups is 1. The molecule has 3 heterocycles. The first-order valence-electron chi connectivity index (χ1n) is 7.71. The van der Waals surface area contributed by atoms with Gasteiger partial charge in [-0.1, -0.05) is 0 Å². The third kappa shape index (κ3) is 3.04. The highest BCUT2D eigenvalue weighted by molar-refractivity contribution is 5.95. The summed E-state index contributed by atoms with van der Waals surface area (Å²) < 4.78 is 15.9. The highest BCUT2D eigenvalue weighted by Gasteiger charge is 2.36. The summed E-state index contributed by atoms with van der Waals surface area (Å²) in [5.74, 6) is -0.526. The molecule has 1 saturated heterocycles. The number of carbonyl (C=O) groups excluding carboxylic acids is 2. The van der Waals surface area contributed by atoms with Crippen molar-refractivity contribution in [3.8, 4) is 5.75 Å². The number of amides is 1. The molecule has 2 aliphatic rings. The molecular formula is C14H18N4O6. The fourth-order valence-electron chi connectivity index (χ4n) is 2.69. The Morgan fingerprint density at radius 1 is 1.25 bits per heavy atom. The summed E-state index contributed by atoms with van der Waals surface area (Å²) in [6, 6.07) is 0. The second-order valence-electron chi connectivity index (χ2n) is 5.28. The number of hydrogen-bond acceptors (Lipinski definition) is 8. The van der Waals surface area contributed by atoms with Crippen LogP contribution in [0.4, 0.5) is 4.79 Å². The number of ether oxygens (including phenoxy) is 3. The van der Waals surface area contributed by atoms with Gasteiger partial charge in [-0.15, -0.1) is 0 Å². The zero-order valence-electron chi connectivity index (χ0n) is 13.3. The average molecular weight is 338 g/mol. The molecule has 1 fully saturated rings. The van der Waals surface area contributed by atoms with Crippen LogP contribution in [0.15, 0.2) is 11.0 Å². The van der Waals surface area contributed by atoms with Crippen LogP contribution in [0.5, 0.6) is 5.75 Å². The molecule has 24 heavy (non-hydrogen) atoms. The lowest BCUT2D eigenvalue weighted by molar-refractivity contribution is -0.0665. The van der Waals surface area contributed by atoms with E-state index in [2.05, 4.69) is 14.6 Å². The first-order chi connectivity index (χ1) is 11.6. The van der Waals surface area contributed by atoms with Gasteiger partial charge >= 0.3 is 6.16 Å². The van der Waals surface area contributed by atoms with Gasteiger partial charge in [-0.05, 0) is 19.8 Å². The largest absolute Gasteiger partial charge is 0.511 e. The number of aromatic nitrogens is 2. The lowest BCUT2D eigenvalue weighted by Gasteiger charge is -2.42. The molecule has 1 aromatic rings. The minimum atomic E-state index is -0.908. The summed E-state index contributed by atoms with van der Waals surface area (Å²) in [7, 11) is 0. The van der Waals surface area contributed by atoms with Crippen LogP contribution in [-0.4, -0.2) is 58.4 Å². The number of rotatable bonds is 4. The maximum Gasteiger partial charge on any atom is 0.511 e. The third-order valence-electron chi connectivity index (χ3n) is 3.77. The maximum absolute atomic E-state index is 12.7. The Kier molecular flexibility index (Phi) is 4.65. The van der Waals surface area contributed by atoms with E-state index >= 15 is 0 Å². The zero-order chi connectivity index (χ0) is 17.1. The molecule has 0 spiro atoms. The zero-order valence-corrected chi connectivity index (χ0v) is 13.3. The van der Waals surface area contributed by atoms with Gasteiger partial charge in [0.25, 0.3) is 5.91 Å². The Balaban J connectivity index is 1.82. The van der Waals surface area contributed by atoms with Gasteiger partial charge in [-0.25, -0.2) is 9.48 Å². The minimum absolute atomic E-state index is 0.0631. The van der Waals surface area contributed by atoms with Crippen molar-refractivity contribution in [2.24, 2.45) is 0 Å². The van der Waals surface area contributed by atoms with Crippen LogP contribution in [0.1, 0.15) is 30.3 Å². The summed E-state index contributed by atoms with van der Waals surface area (Å²) in [5.41, 5.74) is -0.486. The molecule has 1 amide bonds. The van der Waals surface area contributed by atoms with Crippen molar-refractivity contribution >= 4 is 12.1 Å². The van der Waals surface area contributed by atoms with Gasteiger partial charge in [-0.3, -0.25) is 14.6 Å². The molecule has 0 atom stereocenters. The van der Waals surface area contributed by atoms with Crippen molar-refractivity contribution in [2.75, 3.05) is 26.5 Å². The standard InChI is InChI=1S/C14H18N4O6/c1-2-22-14(21)24-9-23-12-10(19)7-15-17-8-16-5-3-4-6-18(16)13(20)11(12)17/h7H,2-6,8-9H2,1H3. The van der Waals surface area contributed by atoms with Crippen LogP contribution in [0.25, 0.3) is 0 Å². The highest BCUT2D eigenvalue weighted by Crippen LogP contribution is 2.24. The fourth-order valence-corrected chi connectivity index (χ4v) is 2.69. The molecule has 0 aliphatic carbocycles. The molecular weight excluding hydrogens is 320 g/mol. The van der Waals surface area contributed by atoms with Crippen LogP contribution < -0.4 is 10.2 Å². The molecule has 0 radical (unpaired) electrons. The van der Waals surface area contributed by atoms with Crippen molar-refractivity contribution in [1.29, 1.82) is 0 Å². The lowest BCUT2D eigenvalue weighted by Crippen LogP contribution is -2.56. The highest BCUT2D eigenvalue weighted by atomic mass is 16.8. The van der Waals surface area contributed by atoms with E-state index in [-0.39, 0.29) is 24.0 Å². The minimum Gasteiger partial charge on any atom is -0.451 e. The second kappa shape index (κ2) is 6.87. The van der Waals surface area contributed by atoms with Gasteiger partial charge in [0.05, 0.1) is 12.8 Å². The van der Waals surface area contributed by atoms with Gasteiger partial charge in [0.1, 0.15) is 6.67 Å². The van der Waals surface area contributed by atoms with E-state index in [4.69, 9.17) is 4.74 Å². The molecule has 130 valence electrons. The number of fused-ring (bicyclic) bond motifs is 2. The molecule has 0 unspecified atom stereocenters. The summed E-state index contributed by atoms with van der Waals surface area (Å²) in [5, 5.41) is 7.48. The molecule has 0 saturated carbocycles. The summed E-state index contributed by atoms with van der Waals surface area (Å²) in [4.78, 5) is 35.9. The Bertz CT molecular complexity index is 703. The SMILES string of the molecule is CCOC(=O)OCOc1c2n(ncc1=O)CN1CCCCN1C2=O. The predicted molar refractivity (Wildman–Crippen MR) is 79.1 cm³/mol. The van der Waals surface area contributed by atoms with Crippen molar-refractivity contribution in [1.82, 2.24) is 19.8 Å². The third-order valence-corrected chi connectivity index (χ3v) is 3.77. The van der Waals surface area contributed by atoms with Gasteiger partial charge < -0.3 is 14.2 Å². The van der Waals surface area contributed by atoms with E-state index in [0.29, 0.717) is 13.2 Å². The summed E-state index contributed by atoms with van der Waals surface area (Å²) in [6.45, 7) is 2.96. The molecule has 0 bridgehead atoms. The molecule has 0 N–H and O–H groups in total. The topological polar surface area (TPSA) is 103 Å². The second-order valence-corrected chi connectivity index (χ2v) is 5.28. The normalized spacial score (nSPS) is 17.0. The lowest BCUT2D eigenvalue weighted by atomic mass is 10.2. The van der Waals surface area contributed by atoms with E-state index in [0.717, 1.165) is 25.6 Å². The molecule has 2 aliphatic heterocycles. The van der Waals surface area contributed by atoms with Crippen LogP contribution in [0.3, 0.4) is 0 Å². The quantitative estimate of drug-likeness (QED) is 0.566. The Labute approximate surface area is 137 Å². The van der Waals surface area contributed by atoms with Crippen molar-refractivity contribution in [3.63, 3.8) is 0 Å². The van der Waals surface area contributed by atoms with Gasteiger partial charge in [0.2, 0.25) is 18.0 Å². The number of hydrogen-bond donors (Lipinski definition) is 0. The van der Waals surface area contributed by atoms with Gasteiger partial charge in [-0.2, -0.15) is 10.1 Å². The van der Waals surface area contributed by atoms with E-state index in [1.807, 2.05) is 5.01 Å². The molecule has 10 nitrogen and oxygen atoms in total. The van der Waals surface area contributed by atoms with E-state index < -0.39 is 18.4 Å². The van der Waals surface area contributed by atoms with Crippen LogP contribution in [0, 0.1) is 0 Å². The maximum atomic E-state index is 12.7. The summed E-state index contributed by atoms with van der Waals surface area (Å²) in [6.07, 6.45) is 2.06. The number of nitrogens with zero attached hydrogens (tertiary/aromatic N) is 4. The molecule has 10 heteroatoms. The monoisotopic (exact) mass is 338 g/mol. The first kappa shape index (κ1) is 16.2. The van der Waals surface area contributed by atoms with Crippen molar-refractivity contribution in [2.45, 2.75) is 26.4 Å². The Hall–Kier alpha value is -2.62. The number of carbonyl (C=O) groups is 2. The van der Waals surface area contributed by atoms with E-state index in [1.54, 1.807) is 11.9 Å². The van der Waals surface area contributed by atoms with Gasteiger partial charge in [0.15, 0.2) is 5.69 Å².